The minimum atomic E-state index is -0.320. The predicted octanol–water partition coefficient (Wildman–Crippen LogP) is 2.02. The van der Waals surface area contributed by atoms with Crippen LogP contribution in [0.1, 0.15) is 23.2 Å². The largest absolute Gasteiger partial charge is 0.385 e. The normalized spacial score (nSPS) is 10.5. The van der Waals surface area contributed by atoms with Gasteiger partial charge in [0.1, 0.15) is 5.82 Å². The van der Waals surface area contributed by atoms with Gasteiger partial charge >= 0.3 is 0 Å². The Morgan fingerprint density at radius 2 is 2.00 bits per heavy atom. The molecule has 0 saturated heterocycles. The van der Waals surface area contributed by atoms with Crippen LogP contribution in [0.5, 0.6) is 0 Å². The lowest BCUT2D eigenvalue weighted by molar-refractivity contribution is 0.0982. The van der Waals surface area contributed by atoms with Gasteiger partial charge in [0.15, 0.2) is 5.78 Å². The molecule has 0 aliphatic heterocycles. The third-order valence-electron chi connectivity index (χ3n) is 2.40. The zero-order chi connectivity index (χ0) is 12.5. The van der Waals surface area contributed by atoms with Gasteiger partial charge in [0.05, 0.1) is 0 Å². The third-order valence-corrected chi connectivity index (χ3v) is 2.40. The second-order valence-corrected chi connectivity index (χ2v) is 3.78. The van der Waals surface area contributed by atoms with E-state index in [0.717, 1.165) is 19.6 Å². The van der Waals surface area contributed by atoms with Crippen molar-refractivity contribution < 1.29 is 13.9 Å². The van der Waals surface area contributed by atoms with Gasteiger partial charge in [-0.2, -0.15) is 0 Å². The first-order chi connectivity index (χ1) is 8.24. The van der Waals surface area contributed by atoms with E-state index in [-0.39, 0.29) is 11.6 Å². The van der Waals surface area contributed by atoms with Crippen molar-refractivity contribution in [2.24, 2.45) is 0 Å². The highest BCUT2D eigenvalue weighted by Crippen LogP contribution is 2.05. The number of hydrogen-bond donors (Lipinski definition) is 1. The number of Topliss-reactive ketones (excluding diaryl/α,β-unsaturated/α-hetero) is 1. The Bertz CT molecular complexity index is 338. The van der Waals surface area contributed by atoms with Gasteiger partial charge in [-0.25, -0.2) is 4.39 Å². The average molecular weight is 239 g/mol. The molecular weight excluding hydrogens is 221 g/mol. The van der Waals surface area contributed by atoms with Crippen LogP contribution in [0, 0.1) is 5.82 Å². The summed E-state index contributed by atoms with van der Waals surface area (Å²) in [4.78, 5) is 11.7. The summed E-state index contributed by atoms with van der Waals surface area (Å²) < 4.78 is 17.5. The molecule has 1 rings (SSSR count). The van der Waals surface area contributed by atoms with E-state index >= 15 is 0 Å². The fraction of sp³-hybridized carbons (Fsp3) is 0.462. The van der Waals surface area contributed by atoms with Gasteiger partial charge in [0.25, 0.3) is 0 Å². The minimum Gasteiger partial charge on any atom is -0.385 e. The summed E-state index contributed by atoms with van der Waals surface area (Å²) in [6.07, 6.45) is 1.36. The van der Waals surface area contributed by atoms with E-state index in [1.165, 1.54) is 24.3 Å². The van der Waals surface area contributed by atoms with E-state index in [0.29, 0.717) is 18.5 Å². The standard InChI is InChI=1S/C13H18FNO2/c1-17-10-2-8-15-9-7-13(16)11-3-5-12(14)6-4-11/h3-6,15H,2,7-10H2,1H3. The molecular formula is C13H18FNO2. The van der Waals surface area contributed by atoms with Crippen LogP contribution in [-0.2, 0) is 4.74 Å². The number of ketones is 1. The van der Waals surface area contributed by atoms with Crippen LogP contribution in [0.15, 0.2) is 24.3 Å². The van der Waals surface area contributed by atoms with Crippen molar-refractivity contribution in [2.45, 2.75) is 12.8 Å². The number of benzene rings is 1. The SMILES string of the molecule is COCCCNCCC(=O)c1ccc(F)cc1. The van der Waals surface area contributed by atoms with Crippen LogP contribution in [0.3, 0.4) is 0 Å². The minimum absolute atomic E-state index is 0.0317. The van der Waals surface area contributed by atoms with Gasteiger partial charge in [-0.15, -0.1) is 0 Å². The highest BCUT2D eigenvalue weighted by Gasteiger charge is 2.04. The highest BCUT2D eigenvalue weighted by molar-refractivity contribution is 5.96. The summed E-state index contributed by atoms with van der Waals surface area (Å²) in [6, 6.07) is 5.64. The summed E-state index contributed by atoms with van der Waals surface area (Å²) in [5.41, 5.74) is 0.560. The number of carbonyl (C=O) groups is 1. The molecule has 0 fully saturated rings. The van der Waals surface area contributed by atoms with E-state index in [4.69, 9.17) is 4.74 Å². The van der Waals surface area contributed by atoms with E-state index < -0.39 is 0 Å². The highest BCUT2D eigenvalue weighted by atomic mass is 19.1. The molecule has 0 atom stereocenters. The van der Waals surface area contributed by atoms with Gasteiger partial charge in [0.2, 0.25) is 0 Å². The molecule has 94 valence electrons. The maximum absolute atomic E-state index is 12.6. The second-order valence-electron chi connectivity index (χ2n) is 3.78. The lowest BCUT2D eigenvalue weighted by Gasteiger charge is -2.04. The Labute approximate surface area is 101 Å². The van der Waals surface area contributed by atoms with Gasteiger partial charge in [0, 0.05) is 32.2 Å². The average Bonchev–Trinajstić information content (AvgIpc) is 2.34. The molecule has 0 aliphatic carbocycles. The van der Waals surface area contributed by atoms with E-state index in [9.17, 15) is 9.18 Å². The van der Waals surface area contributed by atoms with Crippen LogP contribution < -0.4 is 5.32 Å². The van der Waals surface area contributed by atoms with E-state index in [1.54, 1.807) is 7.11 Å². The smallest absolute Gasteiger partial charge is 0.164 e. The summed E-state index contributed by atoms with van der Waals surface area (Å²) in [5.74, 6) is -0.288. The zero-order valence-corrected chi connectivity index (χ0v) is 10.0. The number of methoxy groups -OCH3 is 1. The van der Waals surface area contributed by atoms with Crippen LogP contribution in [-0.4, -0.2) is 32.6 Å². The maximum Gasteiger partial charge on any atom is 0.164 e. The summed E-state index contributed by atoms with van der Waals surface area (Å²) in [6.45, 7) is 2.20. The maximum atomic E-state index is 12.6. The first-order valence-electron chi connectivity index (χ1n) is 5.72. The lowest BCUT2D eigenvalue weighted by atomic mass is 10.1. The second kappa shape index (κ2) is 7.92. The molecule has 0 aliphatic rings. The molecule has 1 aromatic rings. The zero-order valence-electron chi connectivity index (χ0n) is 10.0. The van der Waals surface area contributed by atoms with Crippen molar-refractivity contribution in [1.29, 1.82) is 0 Å². The molecule has 0 amide bonds. The summed E-state index contributed by atoms with van der Waals surface area (Å²) >= 11 is 0. The van der Waals surface area contributed by atoms with Crippen LogP contribution in [0.2, 0.25) is 0 Å². The Morgan fingerprint density at radius 1 is 1.29 bits per heavy atom. The fourth-order valence-corrected chi connectivity index (χ4v) is 1.45. The van der Waals surface area contributed by atoms with Crippen molar-refractivity contribution in [3.63, 3.8) is 0 Å². The predicted molar refractivity (Wildman–Crippen MR) is 64.7 cm³/mol. The molecule has 0 bridgehead atoms. The fourth-order valence-electron chi connectivity index (χ4n) is 1.45. The van der Waals surface area contributed by atoms with Gasteiger partial charge < -0.3 is 10.1 Å². The summed E-state index contributed by atoms with van der Waals surface area (Å²) in [7, 11) is 1.66. The Morgan fingerprint density at radius 3 is 2.65 bits per heavy atom. The molecule has 0 radical (unpaired) electrons. The Balaban J connectivity index is 2.19. The summed E-state index contributed by atoms with van der Waals surface area (Å²) in [5, 5.41) is 3.16. The van der Waals surface area contributed by atoms with Gasteiger partial charge in [-0.3, -0.25) is 4.79 Å². The van der Waals surface area contributed by atoms with Crippen molar-refractivity contribution in [2.75, 3.05) is 26.8 Å². The molecule has 1 N–H and O–H groups in total. The molecule has 0 heterocycles. The molecule has 3 nitrogen and oxygen atoms in total. The third kappa shape index (κ3) is 5.56. The molecule has 1 aromatic carbocycles. The quantitative estimate of drug-likeness (QED) is 0.557. The molecule has 17 heavy (non-hydrogen) atoms. The topological polar surface area (TPSA) is 38.3 Å². The van der Waals surface area contributed by atoms with Crippen LogP contribution in [0.4, 0.5) is 4.39 Å². The molecule has 4 heteroatoms. The van der Waals surface area contributed by atoms with E-state index in [2.05, 4.69) is 5.32 Å². The number of carbonyl (C=O) groups excluding carboxylic acids is 1. The van der Waals surface area contributed by atoms with Crippen LogP contribution >= 0.6 is 0 Å². The number of halogens is 1. The lowest BCUT2D eigenvalue weighted by Crippen LogP contribution is -2.20. The number of nitrogens with one attached hydrogen (secondary N) is 1. The molecule has 0 spiro atoms. The van der Waals surface area contributed by atoms with E-state index in [1.807, 2.05) is 0 Å². The van der Waals surface area contributed by atoms with Crippen molar-refractivity contribution >= 4 is 5.78 Å². The monoisotopic (exact) mass is 239 g/mol. The Hall–Kier alpha value is -1.26. The molecule has 0 saturated carbocycles. The van der Waals surface area contributed by atoms with Crippen LogP contribution in [0.25, 0.3) is 0 Å². The first-order valence-corrected chi connectivity index (χ1v) is 5.72. The molecule has 0 unspecified atom stereocenters. The first kappa shape index (κ1) is 13.8. The molecule has 0 aromatic heterocycles. The van der Waals surface area contributed by atoms with Crippen molar-refractivity contribution in [3.8, 4) is 0 Å². The van der Waals surface area contributed by atoms with Gasteiger partial charge in [-0.1, -0.05) is 0 Å². The number of hydrogen-bond acceptors (Lipinski definition) is 3. The number of rotatable bonds is 8. The number of ether oxygens (including phenoxy) is 1. The van der Waals surface area contributed by atoms with Crippen molar-refractivity contribution in [1.82, 2.24) is 5.32 Å². The van der Waals surface area contributed by atoms with Gasteiger partial charge in [-0.05, 0) is 37.2 Å². The van der Waals surface area contributed by atoms with Crippen molar-refractivity contribution in [3.05, 3.63) is 35.6 Å². The Kier molecular flexibility index (Phi) is 6.43.